The maximum absolute atomic E-state index is 12.7. The summed E-state index contributed by atoms with van der Waals surface area (Å²) in [6, 6.07) is 3.92. The van der Waals surface area contributed by atoms with E-state index in [1.165, 1.54) is 22.2 Å². The zero-order valence-corrected chi connectivity index (χ0v) is 14.1. The van der Waals surface area contributed by atoms with Crippen LogP contribution in [0.15, 0.2) is 34.0 Å². The highest BCUT2D eigenvalue weighted by atomic mass is 32.1. The number of methoxy groups -OCH3 is 1. The molecule has 3 heterocycles. The van der Waals surface area contributed by atoms with Crippen LogP contribution in [0.3, 0.4) is 0 Å². The molecule has 0 aliphatic carbocycles. The first kappa shape index (κ1) is 15.9. The SMILES string of the molecule is COCCNC(=O)Cn1cnc2scc(-c3cccs3)c2c1=O. The molecular formula is C15H15N3O3S2. The Labute approximate surface area is 140 Å². The lowest BCUT2D eigenvalue weighted by Crippen LogP contribution is -2.34. The van der Waals surface area contributed by atoms with Crippen molar-refractivity contribution < 1.29 is 9.53 Å². The fraction of sp³-hybridized carbons (Fsp3) is 0.267. The third-order valence-electron chi connectivity index (χ3n) is 3.29. The highest BCUT2D eigenvalue weighted by Crippen LogP contribution is 2.33. The molecule has 0 radical (unpaired) electrons. The standard InChI is InChI=1S/C15H15N3O3S2/c1-21-5-4-16-12(19)7-18-9-17-14-13(15(18)20)10(8-23-14)11-3-2-6-22-11/h2-3,6,8-9H,4-5,7H2,1H3,(H,16,19). The summed E-state index contributed by atoms with van der Waals surface area (Å²) in [5, 5.41) is 7.18. The molecule has 3 aromatic heterocycles. The Morgan fingerprint density at radius 3 is 3.04 bits per heavy atom. The Morgan fingerprint density at radius 1 is 1.43 bits per heavy atom. The number of aromatic nitrogens is 2. The molecule has 3 aromatic rings. The number of carbonyl (C=O) groups is 1. The first-order valence-electron chi connectivity index (χ1n) is 6.97. The van der Waals surface area contributed by atoms with Gasteiger partial charge in [-0.15, -0.1) is 22.7 Å². The molecule has 0 saturated heterocycles. The second-order valence-corrected chi connectivity index (χ2v) is 6.63. The van der Waals surface area contributed by atoms with E-state index in [0.29, 0.717) is 23.4 Å². The van der Waals surface area contributed by atoms with Gasteiger partial charge in [0.05, 0.1) is 18.3 Å². The number of carbonyl (C=O) groups excluding carboxylic acids is 1. The molecule has 0 fully saturated rings. The van der Waals surface area contributed by atoms with Gasteiger partial charge in [-0.3, -0.25) is 14.2 Å². The van der Waals surface area contributed by atoms with Crippen molar-refractivity contribution >= 4 is 38.8 Å². The summed E-state index contributed by atoms with van der Waals surface area (Å²) in [7, 11) is 1.57. The smallest absolute Gasteiger partial charge is 0.263 e. The number of nitrogens with one attached hydrogen (secondary N) is 1. The summed E-state index contributed by atoms with van der Waals surface area (Å²) < 4.78 is 6.22. The molecule has 120 valence electrons. The molecule has 0 aliphatic heterocycles. The number of nitrogens with zero attached hydrogens (tertiary/aromatic N) is 2. The van der Waals surface area contributed by atoms with Gasteiger partial charge in [0.25, 0.3) is 5.56 Å². The third kappa shape index (κ3) is 3.34. The molecular weight excluding hydrogens is 334 g/mol. The van der Waals surface area contributed by atoms with Crippen molar-refractivity contribution in [3.63, 3.8) is 0 Å². The van der Waals surface area contributed by atoms with Gasteiger partial charge in [-0.25, -0.2) is 4.98 Å². The van der Waals surface area contributed by atoms with Crippen LogP contribution in [0, 0.1) is 0 Å². The third-order valence-corrected chi connectivity index (χ3v) is 5.08. The number of hydrogen-bond acceptors (Lipinski definition) is 6. The average molecular weight is 349 g/mol. The first-order chi connectivity index (χ1) is 11.2. The zero-order valence-electron chi connectivity index (χ0n) is 12.4. The maximum Gasteiger partial charge on any atom is 0.263 e. The first-order valence-corrected chi connectivity index (χ1v) is 8.73. The Kier molecular flexibility index (Phi) is 4.85. The molecule has 0 saturated carbocycles. The van der Waals surface area contributed by atoms with Gasteiger partial charge in [0.15, 0.2) is 0 Å². The van der Waals surface area contributed by atoms with Gasteiger partial charge in [-0.1, -0.05) is 6.07 Å². The molecule has 23 heavy (non-hydrogen) atoms. The fourth-order valence-electron chi connectivity index (χ4n) is 2.20. The minimum atomic E-state index is -0.238. The number of rotatable bonds is 6. The van der Waals surface area contributed by atoms with Crippen LogP contribution >= 0.6 is 22.7 Å². The van der Waals surface area contributed by atoms with E-state index >= 15 is 0 Å². The molecule has 0 bridgehead atoms. The molecule has 0 unspecified atom stereocenters. The number of amides is 1. The van der Waals surface area contributed by atoms with E-state index in [-0.39, 0.29) is 18.0 Å². The van der Waals surface area contributed by atoms with Gasteiger partial charge < -0.3 is 10.1 Å². The summed E-state index contributed by atoms with van der Waals surface area (Å²) in [5.41, 5.74) is 0.688. The van der Waals surface area contributed by atoms with Gasteiger partial charge >= 0.3 is 0 Å². The Bertz CT molecular complexity index is 868. The Hall–Kier alpha value is -2.03. The average Bonchev–Trinajstić information content (AvgIpc) is 3.19. The molecule has 1 N–H and O–H groups in total. The number of ether oxygens (including phenoxy) is 1. The van der Waals surface area contributed by atoms with Gasteiger partial charge in [-0.05, 0) is 11.4 Å². The summed E-state index contributed by atoms with van der Waals surface area (Å²) in [6.45, 7) is 0.800. The van der Waals surface area contributed by atoms with Crippen LogP contribution in [0.25, 0.3) is 20.7 Å². The lowest BCUT2D eigenvalue weighted by molar-refractivity contribution is -0.121. The second kappa shape index (κ2) is 7.03. The lowest BCUT2D eigenvalue weighted by Gasteiger charge is -2.07. The molecule has 3 rings (SSSR count). The van der Waals surface area contributed by atoms with E-state index in [1.54, 1.807) is 18.4 Å². The van der Waals surface area contributed by atoms with E-state index in [9.17, 15) is 9.59 Å². The van der Waals surface area contributed by atoms with Gasteiger partial charge in [0, 0.05) is 29.5 Å². The minimum Gasteiger partial charge on any atom is -0.383 e. The van der Waals surface area contributed by atoms with Crippen molar-refractivity contribution in [2.45, 2.75) is 6.54 Å². The highest BCUT2D eigenvalue weighted by molar-refractivity contribution is 7.18. The quantitative estimate of drug-likeness (QED) is 0.691. The largest absolute Gasteiger partial charge is 0.383 e. The van der Waals surface area contributed by atoms with Crippen LogP contribution in [0.2, 0.25) is 0 Å². The Morgan fingerprint density at radius 2 is 2.30 bits per heavy atom. The van der Waals surface area contributed by atoms with Crippen LogP contribution in [-0.4, -0.2) is 35.7 Å². The zero-order chi connectivity index (χ0) is 16.2. The normalized spacial score (nSPS) is 11.0. The summed E-state index contributed by atoms with van der Waals surface area (Å²) in [5.74, 6) is -0.238. The fourth-order valence-corrected chi connectivity index (χ4v) is 3.92. The van der Waals surface area contributed by atoms with Gasteiger partial charge in [-0.2, -0.15) is 0 Å². The van der Waals surface area contributed by atoms with Crippen molar-refractivity contribution in [3.8, 4) is 10.4 Å². The van der Waals surface area contributed by atoms with Crippen LogP contribution in [0.5, 0.6) is 0 Å². The predicted octanol–water partition coefficient (Wildman–Crippen LogP) is 1.95. The van der Waals surface area contributed by atoms with Crippen LogP contribution in [-0.2, 0) is 16.1 Å². The number of hydrogen-bond donors (Lipinski definition) is 1. The van der Waals surface area contributed by atoms with Crippen molar-refractivity contribution in [2.24, 2.45) is 0 Å². The highest BCUT2D eigenvalue weighted by Gasteiger charge is 2.15. The summed E-state index contributed by atoms with van der Waals surface area (Å²) >= 11 is 3.01. The molecule has 0 spiro atoms. The van der Waals surface area contributed by atoms with Gasteiger partial charge in [0.1, 0.15) is 11.4 Å². The molecule has 6 nitrogen and oxygen atoms in total. The summed E-state index contributed by atoms with van der Waals surface area (Å²) in [6.07, 6.45) is 1.43. The molecule has 1 amide bonds. The molecule has 0 aromatic carbocycles. The number of thiophene rings is 2. The van der Waals surface area contributed by atoms with Crippen molar-refractivity contribution in [1.82, 2.24) is 14.9 Å². The molecule has 0 atom stereocenters. The van der Waals surface area contributed by atoms with Crippen LogP contribution in [0.1, 0.15) is 0 Å². The summed E-state index contributed by atoms with van der Waals surface area (Å²) in [4.78, 5) is 30.6. The number of fused-ring (bicyclic) bond motifs is 1. The van der Waals surface area contributed by atoms with E-state index < -0.39 is 0 Å². The minimum absolute atomic E-state index is 0.0504. The monoisotopic (exact) mass is 349 g/mol. The lowest BCUT2D eigenvalue weighted by atomic mass is 10.2. The second-order valence-electron chi connectivity index (χ2n) is 4.83. The van der Waals surface area contributed by atoms with Crippen molar-refractivity contribution in [3.05, 3.63) is 39.6 Å². The predicted molar refractivity (Wildman–Crippen MR) is 92.1 cm³/mol. The van der Waals surface area contributed by atoms with Crippen molar-refractivity contribution in [2.75, 3.05) is 20.3 Å². The van der Waals surface area contributed by atoms with E-state index in [0.717, 1.165) is 10.4 Å². The van der Waals surface area contributed by atoms with E-state index in [1.807, 2.05) is 22.9 Å². The topological polar surface area (TPSA) is 73.2 Å². The van der Waals surface area contributed by atoms with Crippen molar-refractivity contribution in [1.29, 1.82) is 0 Å². The Balaban J connectivity index is 1.91. The van der Waals surface area contributed by atoms with Crippen LogP contribution < -0.4 is 10.9 Å². The van der Waals surface area contributed by atoms with Gasteiger partial charge in [0.2, 0.25) is 5.91 Å². The molecule has 8 heteroatoms. The van der Waals surface area contributed by atoms with E-state index in [2.05, 4.69) is 10.3 Å². The molecule has 0 aliphatic rings. The maximum atomic E-state index is 12.7. The van der Waals surface area contributed by atoms with Crippen LogP contribution in [0.4, 0.5) is 0 Å². The van der Waals surface area contributed by atoms with E-state index in [4.69, 9.17) is 4.74 Å².